The van der Waals surface area contributed by atoms with E-state index in [0.717, 1.165) is 11.8 Å². The van der Waals surface area contributed by atoms with E-state index < -0.39 is 23.1 Å². The number of fused-ring (bicyclic) bond motifs is 1. The number of anilines is 1. The Morgan fingerprint density at radius 1 is 1.13 bits per heavy atom. The van der Waals surface area contributed by atoms with E-state index in [1.54, 1.807) is 23.9 Å². The van der Waals surface area contributed by atoms with E-state index in [0.29, 0.717) is 50.5 Å². The smallest absolute Gasteiger partial charge is 0.378 e. The van der Waals surface area contributed by atoms with Gasteiger partial charge in [-0.15, -0.1) is 0 Å². The van der Waals surface area contributed by atoms with Gasteiger partial charge in [0.1, 0.15) is 11.1 Å². The Balaban J connectivity index is 1.84. The minimum atomic E-state index is -4.49. The Morgan fingerprint density at radius 2 is 1.84 bits per heavy atom. The molecule has 0 N–H and O–H groups in total. The third kappa shape index (κ3) is 5.83. The van der Waals surface area contributed by atoms with Crippen LogP contribution in [0.3, 0.4) is 0 Å². The van der Waals surface area contributed by atoms with Crippen molar-refractivity contribution >= 4 is 22.6 Å². The molecule has 38 heavy (non-hydrogen) atoms. The van der Waals surface area contributed by atoms with Crippen LogP contribution in [0.2, 0.25) is 0 Å². The minimum absolute atomic E-state index is 0.0302. The summed E-state index contributed by atoms with van der Waals surface area (Å²) in [6.45, 7) is 4.88. The Labute approximate surface area is 219 Å². The summed E-state index contributed by atoms with van der Waals surface area (Å²) in [4.78, 5) is 36.6. The second kappa shape index (κ2) is 11.1. The van der Waals surface area contributed by atoms with Crippen LogP contribution in [0.15, 0.2) is 41.5 Å². The Kier molecular flexibility index (Phi) is 8.08. The zero-order valence-corrected chi connectivity index (χ0v) is 22.0. The number of carbonyl (C=O) groups is 1. The summed E-state index contributed by atoms with van der Waals surface area (Å²) in [5, 5.41) is 0. The van der Waals surface area contributed by atoms with E-state index in [-0.39, 0.29) is 23.2 Å². The van der Waals surface area contributed by atoms with Gasteiger partial charge in [0.15, 0.2) is 0 Å². The number of halogens is 3. The fourth-order valence-corrected chi connectivity index (χ4v) is 4.53. The highest BCUT2D eigenvalue weighted by Crippen LogP contribution is 2.33. The van der Waals surface area contributed by atoms with Crippen molar-refractivity contribution in [2.45, 2.75) is 19.6 Å². The highest BCUT2D eigenvalue weighted by atomic mass is 19.4. The molecule has 8 nitrogen and oxygen atoms in total. The van der Waals surface area contributed by atoms with E-state index >= 15 is 0 Å². The molecule has 0 aliphatic carbocycles. The quantitative estimate of drug-likeness (QED) is 0.466. The Morgan fingerprint density at radius 3 is 2.50 bits per heavy atom. The van der Waals surface area contributed by atoms with Crippen molar-refractivity contribution in [1.82, 2.24) is 19.4 Å². The van der Waals surface area contributed by atoms with E-state index in [1.165, 1.54) is 24.1 Å². The van der Waals surface area contributed by atoms with Gasteiger partial charge in [-0.3, -0.25) is 9.59 Å². The van der Waals surface area contributed by atoms with Gasteiger partial charge in [0.05, 0.1) is 36.2 Å². The predicted molar refractivity (Wildman–Crippen MR) is 140 cm³/mol. The lowest BCUT2D eigenvalue weighted by Gasteiger charge is -2.29. The van der Waals surface area contributed by atoms with E-state index in [2.05, 4.69) is 9.88 Å². The van der Waals surface area contributed by atoms with E-state index in [4.69, 9.17) is 4.74 Å². The first-order valence-electron chi connectivity index (χ1n) is 12.4. The fourth-order valence-electron chi connectivity index (χ4n) is 4.53. The molecule has 1 aliphatic heterocycles. The first-order valence-corrected chi connectivity index (χ1v) is 12.4. The van der Waals surface area contributed by atoms with Crippen molar-refractivity contribution in [3.8, 4) is 0 Å². The maximum atomic E-state index is 13.6. The maximum absolute atomic E-state index is 13.6. The summed E-state index contributed by atoms with van der Waals surface area (Å²) in [5.74, 6) is -0.465. The van der Waals surface area contributed by atoms with Gasteiger partial charge in [0.25, 0.3) is 5.91 Å². The van der Waals surface area contributed by atoms with Crippen molar-refractivity contribution in [3.63, 3.8) is 0 Å². The average Bonchev–Trinajstić information content (AvgIpc) is 2.89. The van der Waals surface area contributed by atoms with Crippen LogP contribution < -0.4 is 10.3 Å². The van der Waals surface area contributed by atoms with Gasteiger partial charge in [0, 0.05) is 46.0 Å². The van der Waals surface area contributed by atoms with Gasteiger partial charge in [-0.1, -0.05) is 12.1 Å². The molecule has 2 aromatic heterocycles. The van der Waals surface area contributed by atoms with Crippen LogP contribution in [0.25, 0.3) is 11.0 Å². The number of alkyl halides is 3. The van der Waals surface area contributed by atoms with E-state index in [1.807, 2.05) is 25.1 Å². The molecule has 11 heteroatoms. The van der Waals surface area contributed by atoms with E-state index in [9.17, 15) is 22.8 Å². The Bertz CT molecular complexity index is 1380. The van der Waals surface area contributed by atoms with Gasteiger partial charge < -0.3 is 24.0 Å². The lowest BCUT2D eigenvalue weighted by molar-refractivity contribution is -0.138. The molecule has 0 saturated carbocycles. The summed E-state index contributed by atoms with van der Waals surface area (Å²) in [7, 11) is 5.38. The molecule has 3 aromatic rings. The number of pyridine rings is 2. The first-order chi connectivity index (χ1) is 18.0. The molecule has 1 saturated heterocycles. The summed E-state index contributed by atoms with van der Waals surface area (Å²) in [5.41, 5.74) is 0.550. The third-order valence-electron chi connectivity index (χ3n) is 6.84. The molecular weight excluding hydrogens is 499 g/mol. The summed E-state index contributed by atoms with van der Waals surface area (Å²) in [6, 6.07) is 5.85. The molecule has 0 radical (unpaired) electrons. The van der Waals surface area contributed by atoms with Crippen LogP contribution in [-0.2, 0) is 17.5 Å². The van der Waals surface area contributed by atoms with Gasteiger partial charge in [-0.2, -0.15) is 13.2 Å². The number of likely N-dealkylation sites (N-methyl/N-ethyl adjacent to an activating group) is 2. The molecule has 1 aromatic carbocycles. The predicted octanol–water partition coefficient (Wildman–Crippen LogP) is 3.24. The van der Waals surface area contributed by atoms with Crippen LogP contribution >= 0.6 is 0 Å². The maximum Gasteiger partial charge on any atom is 0.416 e. The molecule has 3 heterocycles. The molecule has 0 spiro atoms. The number of hydrogen-bond acceptors (Lipinski definition) is 6. The fraction of sp³-hybridized carbons (Fsp3) is 0.444. The molecule has 0 atom stereocenters. The lowest BCUT2D eigenvalue weighted by Crippen LogP contribution is -2.37. The van der Waals surface area contributed by atoms with Crippen molar-refractivity contribution in [2.75, 3.05) is 65.4 Å². The standard InChI is InChI=1S/C27H32F3N5O3/c1-18-19(6-5-7-22(18)27(28,29)30)16-35-17-21(26(37)33(4)9-8-32(2)3)25(36)24-23(35)14-20(15-31-24)34-10-12-38-13-11-34/h5-7,14-15,17H,8-13,16H2,1-4H3. The van der Waals surface area contributed by atoms with Crippen LogP contribution in [0.1, 0.15) is 27.0 Å². The SMILES string of the molecule is Cc1c(Cn2cc(C(=O)N(C)CCN(C)C)c(=O)c3ncc(N4CCOCC4)cc32)cccc1C(F)(F)F. The molecule has 0 bridgehead atoms. The number of rotatable bonds is 7. The summed E-state index contributed by atoms with van der Waals surface area (Å²) >= 11 is 0. The van der Waals surface area contributed by atoms with Crippen LogP contribution in [-0.4, -0.2) is 85.8 Å². The van der Waals surface area contributed by atoms with Crippen molar-refractivity contribution in [3.05, 3.63) is 69.1 Å². The van der Waals surface area contributed by atoms with Crippen molar-refractivity contribution in [1.29, 1.82) is 0 Å². The highest BCUT2D eigenvalue weighted by molar-refractivity contribution is 5.96. The number of nitrogens with zero attached hydrogens (tertiary/aromatic N) is 5. The molecule has 1 fully saturated rings. The number of ether oxygens (including phenoxy) is 1. The molecule has 4 rings (SSSR count). The molecular formula is C27H32F3N5O3. The molecule has 0 unspecified atom stereocenters. The Hall–Kier alpha value is -3.44. The zero-order chi connectivity index (χ0) is 27.6. The van der Waals surface area contributed by atoms with Gasteiger partial charge >= 0.3 is 6.18 Å². The summed E-state index contributed by atoms with van der Waals surface area (Å²) < 4.78 is 47.9. The van der Waals surface area contributed by atoms with Crippen LogP contribution in [0, 0.1) is 6.92 Å². The number of benzene rings is 1. The largest absolute Gasteiger partial charge is 0.416 e. The molecule has 1 amide bonds. The number of amides is 1. The number of hydrogen-bond donors (Lipinski definition) is 0. The van der Waals surface area contributed by atoms with Crippen molar-refractivity contribution in [2.24, 2.45) is 0 Å². The minimum Gasteiger partial charge on any atom is -0.378 e. The first kappa shape index (κ1) is 27.6. The zero-order valence-electron chi connectivity index (χ0n) is 22.0. The lowest BCUT2D eigenvalue weighted by atomic mass is 10.0. The van der Waals surface area contributed by atoms with Crippen molar-refractivity contribution < 1.29 is 22.7 Å². The van der Waals surface area contributed by atoms with Gasteiger partial charge in [-0.05, 0) is 44.3 Å². The second-order valence-electron chi connectivity index (χ2n) is 9.78. The number of carbonyl (C=O) groups excluding carboxylic acids is 1. The number of aromatic nitrogens is 2. The van der Waals surface area contributed by atoms with Gasteiger partial charge in [0.2, 0.25) is 5.43 Å². The topological polar surface area (TPSA) is 70.9 Å². The third-order valence-corrected chi connectivity index (χ3v) is 6.84. The van der Waals surface area contributed by atoms with Crippen LogP contribution in [0.5, 0.6) is 0 Å². The van der Waals surface area contributed by atoms with Gasteiger partial charge in [-0.25, -0.2) is 4.98 Å². The second-order valence-corrected chi connectivity index (χ2v) is 9.78. The normalized spacial score (nSPS) is 14.4. The molecule has 204 valence electrons. The summed E-state index contributed by atoms with van der Waals surface area (Å²) in [6.07, 6.45) is -1.45. The average molecular weight is 532 g/mol. The monoisotopic (exact) mass is 531 g/mol. The number of morpholine rings is 1. The highest BCUT2D eigenvalue weighted by Gasteiger charge is 2.33. The molecule has 1 aliphatic rings. The van der Waals surface area contributed by atoms with Crippen LogP contribution in [0.4, 0.5) is 18.9 Å².